The lowest BCUT2D eigenvalue weighted by molar-refractivity contribution is -0.386. The molecule has 0 fully saturated rings. The van der Waals surface area contributed by atoms with Crippen molar-refractivity contribution in [3.63, 3.8) is 0 Å². The van der Waals surface area contributed by atoms with Gasteiger partial charge in [0.1, 0.15) is 0 Å². The topological polar surface area (TPSA) is 63.4 Å². The molecule has 0 spiro atoms. The molecule has 0 saturated carbocycles. The maximum Gasteiger partial charge on any atom is 0.275 e. The average Bonchev–Trinajstić information content (AvgIpc) is 2.16. The van der Waals surface area contributed by atoms with Crippen LogP contribution in [-0.2, 0) is 0 Å². The van der Waals surface area contributed by atoms with Gasteiger partial charge in [0, 0.05) is 11.4 Å². The Hall–Kier alpha value is -0.940. The van der Waals surface area contributed by atoms with Crippen molar-refractivity contribution in [2.75, 3.05) is 5.33 Å². The molecule has 0 heterocycles. The van der Waals surface area contributed by atoms with Gasteiger partial charge < -0.3 is 5.11 Å². The summed E-state index contributed by atoms with van der Waals surface area (Å²) in [5.74, 6) is 0. The molecule has 0 bridgehead atoms. The lowest BCUT2D eigenvalue weighted by Gasteiger charge is -2.06. The first-order valence-corrected chi connectivity index (χ1v) is 4.76. The first-order chi connectivity index (χ1) is 6.16. The van der Waals surface area contributed by atoms with Crippen molar-refractivity contribution in [1.82, 2.24) is 0 Å². The second kappa shape index (κ2) is 4.34. The van der Waals surface area contributed by atoms with E-state index in [1.807, 2.05) is 0 Å². The molecule has 13 heavy (non-hydrogen) atoms. The maximum atomic E-state index is 10.5. The molecule has 1 N–H and O–H groups in total. The summed E-state index contributed by atoms with van der Waals surface area (Å²) in [6.07, 6.45) is -0.832. The van der Waals surface area contributed by atoms with Crippen LogP contribution in [0.2, 0.25) is 0 Å². The molecule has 0 aliphatic carbocycles. The number of aliphatic hydroxyl groups is 1. The third kappa shape index (κ3) is 2.26. The second-order valence-corrected chi connectivity index (χ2v) is 3.13. The summed E-state index contributed by atoms with van der Waals surface area (Å²) >= 11 is 3.06. The minimum Gasteiger partial charge on any atom is -0.387 e. The van der Waals surface area contributed by atoms with Crippen LogP contribution in [0.25, 0.3) is 0 Å². The highest BCUT2D eigenvalue weighted by molar-refractivity contribution is 9.09. The van der Waals surface area contributed by atoms with Gasteiger partial charge in [0.2, 0.25) is 0 Å². The molecule has 0 aromatic heterocycles. The Morgan fingerprint density at radius 3 is 2.69 bits per heavy atom. The zero-order valence-electron chi connectivity index (χ0n) is 6.68. The Balaban J connectivity index is 3.11. The molecule has 5 heteroatoms. The van der Waals surface area contributed by atoms with Crippen molar-refractivity contribution in [3.05, 3.63) is 39.9 Å². The van der Waals surface area contributed by atoms with Crippen LogP contribution in [-0.4, -0.2) is 15.4 Å². The van der Waals surface area contributed by atoms with Gasteiger partial charge in [-0.2, -0.15) is 0 Å². The number of rotatable bonds is 3. The SMILES string of the molecule is O=[N+]([O-])c1ccccc1[C@@H](O)CBr. The molecule has 4 nitrogen and oxygen atoms in total. The molecule has 0 aliphatic heterocycles. The summed E-state index contributed by atoms with van der Waals surface area (Å²) in [7, 11) is 0. The van der Waals surface area contributed by atoms with E-state index in [1.54, 1.807) is 18.2 Å². The van der Waals surface area contributed by atoms with Gasteiger partial charge in [0.25, 0.3) is 5.69 Å². The van der Waals surface area contributed by atoms with Gasteiger partial charge in [-0.1, -0.05) is 28.1 Å². The maximum absolute atomic E-state index is 10.5. The highest BCUT2D eigenvalue weighted by Crippen LogP contribution is 2.25. The minimum atomic E-state index is -0.832. The Morgan fingerprint density at radius 1 is 1.54 bits per heavy atom. The van der Waals surface area contributed by atoms with Crippen LogP contribution in [0.15, 0.2) is 24.3 Å². The summed E-state index contributed by atoms with van der Waals surface area (Å²) < 4.78 is 0. The van der Waals surface area contributed by atoms with Crippen molar-refractivity contribution in [2.45, 2.75) is 6.10 Å². The van der Waals surface area contributed by atoms with Crippen molar-refractivity contribution in [2.24, 2.45) is 0 Å². The van der Waals surface area contributed by atoms with Crippen LogP contribution < -0.4 is 0 Å². The summed E-state index contributed by atoms with van der Waals surface area (Å²) in [5.41, 5.74) is 0.291. The van der Waals surface area contributed by atoms with Gasteiger partial charge in [-0.05, 0) is 6.07 Å². The van der Waals surface area contributed by atoms with Crippen LogP contribution >= 0.6 is 15.9 Å². The second-order valence-electron chi connectivity index (χ2n) is 2.49. The Bertz CT molecular complexity index is 316. The Morgan fingerprint density at radius 2 is 2.15 bits per heavy atom. The normalized spacial score (nSPS) is 12.5. The molecule has 0 saturated heterocycles. The largest absolute Gasteiger partial charge is 0.387 e. The zero-order chi connectivity index (χ0) is 9.84. The molecule has 0 unspecified atom stereocenters. The standard InChI is InChI=1S/C8H8BrNO3/c9-5-8(11)6-3-1-2-4-7(6)10(12)13/h1-4,8,11H,5H2/t8-/m0/s1. The van der Waals surface area contributed by atoms with Crippen molar-refractivity contribution in [1.29, 1.82) is 0 Å². The van der Waals surface area contributed by atoms with Crippen molar-refractivity contribution >= 4 is 21.6 Å². The van der Waals surface area contributed by atoms with Gasteiger partial charge in [-0.3, -0.25) is 10.1 Å². The van der Waals surface area contributed by atoms with Gasteiger partial charge >= 0.3 is 0 Å². The van der Waals surface area contributed by atoms with E-state index in [0.29, 0.717) is 5.56 Å². The molecule has 1 aromatic carbocycles. The smallest absolute Gasteiger partial charge is 0.275 e. The molecule has 1 rings (SSSR count). The first-order valence-electron chi connectivity index (χ1n) is 3.64. The number of nitrogens with zero attached hydrogens (tertiary/aromatic N) is 1. The molecule has 70 valence electrons. The van der Waals surface area contributed by atoms with E-state index in [2.05, 4.69) is 15.9 Å². The minimum absolute atomic E-state index is 0.0468. The Labute approximate surface area is 83.5 Å². The third-order valence-corrected chi connectivity index (χ3v) is 2.25. The first kappa shape index (κ1) is 10.1. The average molecular weight is 246 g/mol. The van der Waals surface area contributed by atoms with E-state index in [1.165, 1.54) is 6.07 Å². The molecule has 0 amide bonds. The van der Waals surface area contributed by atoms with Crippen LogP contribution in [0.5, 0.6) is 0 Å². The quantitative estimate of drug-likeness (QED) is 0.504. The number of nitro benzene ring substituents is 1. The van der Waals surface area contributed by atoms with E-state index < -0.39 is 11.0 Å². The lowest BCUT2D eigenvalue weighted by atomic mass is 10.1. The molecule has 1 aromatic rings. The van der Waals surface area contributed by atoms with Gasteiger partial charge in [0.05, 0.1) is 16.6 Å². The van der Waals surface area contributed by atoms with Gasteiger partial charge in [-0.15, -0.1) is 0 Å². The lowest BCUT2D eigenvalue weighted by Crippen LogP contribution is -2.02. The summed E-state index contributed by atoms with van der Waals surface area (Å²) in [4.78, 5) is 10.0. The van der Waals surface area contributed by atoms with E-state index >= 15 is 0 Å². The number of halogens is 1. The highest BCUT2D eigenvalue weighted by Gasteiger charge is 2.17. The van der Waals surface area contributed by atoms with Gasteiger partial charge in [-0.25, -0.2) is 0 Å². The number of nitro groups is 1. The summed E-state index contributed by atoms with van der Waals surface area (Å²) in [6, 6.07) is 6.15. The molecular weight excluding hydrogens is 238 g/mol. The fraction of sp³-hybridized carbons (Fsp3) is 0.250. The predicted molar refractivity (Wildman–Crippen MR) is 51.9 cm³/mol. The number of hydrogen-bond acceptors (Lipinski definition) is 3. The number of alkyl halides is 1. The van der Waals surface area contributed by atoms with Gasteiger partial charge in [0.15, 0.2) is 0 Å². The predicted octanol–water partition coefficient (Wildman–Crippen LogP) is 2.02. The van der Waals surface area contributed by atoms with E-state index in [4.69, 9.17) is 0 Å². The number of para-hydroxylation sites is 1. The van der Waals surface area contributed by atoms with Crippen molar-refractivity contribution in [3.8, 4) is 0 Å². The van der Waals surface area contributed by atoms with E-state index in [9.17, 15) is 15.2 Å². The van der Waals surface area contributed by atoms with Crippen LogP contribution in [0.1, 0.15) is 11.7 Å². The van der Waals surface area contributed by atoms with Crippen LogP contribution in [0, 0.1) is 10.1 Å². The zero-order valence-corrected chi connectivity index (χ0v) is 8.27. The van der Waals surface area contributed by atoms with E-state index in [0.717, 1.165) is 0 Å². The monoisotopic (exact) mass is 245 g/mol. The van der Waals surface area contributed by atoms with Crippen molar-refractivity contribution < 1.29 is 10.0 Å². The van der Waals surface area contributed by atoms with Crippen LogP contribution in [0.3, 0.4) is 0 Å². The molecule has 0 aliphatic rings. The fourth-order valence-electron chi connectivity index (χ4n) is 1.02. The molecule has 0 radical (unpaired) electrons. The number of aliphatic hydroxyl groups excluding tert-OH is 1. The Kier molecular flexibility index (Phi) is 3.39. The summed E-state index contributed by atoms with van der Waals surface area (Å²) in [5, 5.41) is 20.2. The highest BCUT2D eigenvalue weighted by atomic mass is 79.9. The number of benzene rings is 1. The van der Waals surface area contributed by atoms with Crippen LogP contribution in [0.4, 0.5) is 5.69 Å². The number of hydrogen-bond donors (Lipinski definition) is 1. The summed E-state index contributed by atoms with van der Waals surface area (Å²) in [6.45, 7) is 0. The van der Waals surface area contributed by atoms with E-state index in [-0.39, 0.29) is 11.0 Å². The third-order valence-electron chi connectivity index (χ3n) is 1.64. The molecule has 1 atom stereocenters. The fourth-order valence-corrected chi connectivity index (χ4v) is 1.37. The molecular formula is C8H8BrNO3.